The van der Waals surface area contributed by atoms with Gasteiger partial charge in [-0.3, -0.25) is 0 Å². The highest BCUT2D eigenvalue weighted by Crippen LogP contribution is 2.31. The number of benzene rings is 4. The van der Waals surface area contributed by atoms with Gasteiger partial charge in [-0.15, -0.1) is 0 Å². The van der Waals surface area contributed by atoms with Gasteiger partial charge in [0.1, 0.15) is 0 Å². The Hall–Kier alpha value is -3.98. The van der Waals surface area contributed by atoms with Gasteiger partial charge in [-0.1, -0.05) is 78.4 Å². The van der Waals surface area contributed by atoms with Crippen molar-refractivity contribution in [1.82, 2.24) is 9.97 Å². The van der Waals surface area contributed by atoms with Gasteiger partial charge >= 0.3 is 0 Å². The van der Waals surface area contributed by atoms with Crippen molar-refractivity contribution < 1.29 is 0 Å². The van der Waals surface area contributed by atoms with Crippen LogP contribution in [0.4, 0.5) is 5.69 Å². The third-order valence-electron chi connectivity index (χ3n) is 6.23. The first-order valence-corrected chi connectivity index (χ1v) is 12.3. The van der Waals surface area contributed by atoms with Gasteiger partial charge < -0.3 is 5.32 Å². The van der Waals surface area contributed by atoms with Gasteiger partial charge in [0.2, 0.25) is 0 Å². The molecule has 4 aromatic carbocycles. The Morgan fingerprint density at radius 1 is 0.600 bits per heavy atom. The number of nitrogens with one attached hydrogen (secondary N) is 1. The van der Waals surface area contributed by atoms with Gasteiger partial charge in [0.05, 0.1) is 22.4 Å². The molecule has 0 fully saturated rings. The summed E-state index contributed by atoms with van der Waals surface area (Å²) in [7, 11) is 0. The fourth-order valence-electron chi connectivity index (χ4n) is 4.33. The maximum absolute atomic E-state index is 5.03. The minimum absolute atomic E-state index is 0.443. The summed E-state index contributed by atoms with van der Waals surface area (Å²) in [5, 5.41) is 3.45. The van der Waals surface area contributed by atoms with Crippen molar-refractivity contribution in [1.29, 1.82) is 0 Å². The van der Waals surface area contributed by atoms with E-state index in [2.05, 4.69) is 98.9 Å². The average Bonchev–Trinajstić information content (AvgIpc) is 2.88. The first kappa shape index (κ1) is 22.8. The molecule has 5 aromatic rings. The number of aromatic nitrogens is 2. The zero-order valence-electron chi connectivity index (χ0n) is 20.6. The lowest BCUT2D eigenvalue weighted by Gasteiger charge is -2.12. The molecule has 174 valence electrons. The van der Waals surface area contributed by atoms with E-state index in [0.29, 0.717) is 6.04 Å². The van der Waals surface area contributed by atoms with Crippen molar-refractivity contribution in [3.05, 3.63) is 114 Å². The molecule has 0 aliphatic carbocycles. The van der Waals surface area contributed by atoms with Gasteiger partial charge in [-0.25, -0.2) is 9.97 Å². The number of fused-ring (bicyclic) bond motifs is 1. The summed E-state index contributed by atoms with van der Waals surface area (Å²) in [5.41, 5.74) is 10.9. The molecule has 0 saturated heterocycles. The van der Waals surface area contributed by atoms with Crippen LogP contribution in [0.3, 0.4) is 0 Å². The maximum Gasteiger partial charge on any atom is 0.0973 e. The molecule has 0 atom stereocenters. The van der Waals surface area contributed by atoms with Crippen molar-refractivity contribution in [2.24, 2.45) is 0 Å². The van der Waals surface area contributed by atoms with Crippen molar-refractivity contribution in [2.45, 2.75) is 39.7 Å². The van der Waals surface area contributed by atoms with E-state index in [4.69, 9.17) is 9.97 Å². The molecule has 3 heteroatoms. The quantitative estimate of drug-likeness (QED) is 0.270. The summed E-state index contributed by atoms with van der Waals surface area (Å²) in [6.07, 6.45) is 2.02. The van der Waals surface area contributed by atoms with Crippen LogP contribution in [-0.4, -0.2) is 16.0 Å². The van der Waals surface area contributed by atoms with E-state index in [9.17, 15) is 0 Å². The molecule has 35 heavy (non-hydrogen) atoms. The Kier molecular flexibility index (Phi) is 6.58. The zero-order valence-corrected chi connectivity index (χ0v) is 20.6. The van der Waals surface area contributed by atoms with E-state index < -0.39 is 0 Å². The van der Waals surface area contributed by atoms with Crippen LogP contribution in [0.2, 0.25) is 0 Å². The second kappa shape index (κ2) is 10.1. The minimum Gasteiger partial charge on any atom is -0.383 e. The first-order valence-electron chi connectivity index (χ1n) is 12.3. The van der Waals surface area contributed by atoms with Crippen molar-refractivity contribution in [2.75, 3.05) is 5.32 Å². The maximum atomic E-state index is 5.03. The van der Waals surface area contributed by atoms with E-state index in [1.165, 1.54) is 22.4 Å². The Bertz CT molecular complexity index is 1420. The van der Waals surface area contributed by atoms with E-state index in [0.717, 1.165) is 46.4 Å². The van der Waals surface area contributed by atoms with E-state index in [1.54, 1.807) is 0 Å². The first-order chi connectivity index (χ1) is 17.0. The largest absolute Gasteiger partial charge is 0.383 e. The Morgan fingerprint density at radius 3 is 1.54 bits per heavy atom. The lowest BCUT2D eigenvalue weighted by molar-refractivity contribution is 0.898. The Morgan fingerprint density at radius 2 is 1.06 bits per heavy atom. The molecule has 0 radical (unpaired) electrons. The van der Waals surface area contributed by atoms with Crippen molar-refractivity contribution >= 4 is 16.7 Å². The smallest absolute Gasteiger partial charge is 0.0973 e. The molecular formula is C32H31N3. The van der Waals surface area contributed by atoms with E-state index >= 15 is 0 Å². The number of nitrogens with zero attached hydrogens (tertiary/aromatic N) is 2. The van der Waals surface area contributed by atoms with Gasteiger partial charge in [0, 0.05) is 22.9 Å². The molecule has 5 rings (SSSR count). The van der Waals surface area contributed by atoms with Gasteiger partial charge in [-0.2, -0.15) is 0 Å². The fraction of sp³-hybridized carbons (Fsp3) is 0.188. The van der Waals surface area contributed by atoms with Crippen LogP contribution in [0.1, 0.15) is 30.5 Å². The molecule has 1 N–H and O–H groups in total. The molecule has 0 spiro atoms. The highest BCUT2D eigenvalue weighted by Gasteiger charge is 2.13. The van der Waals surface area contributed by atoms with Crippen molar-refractivity contribution in [3.8, 4) is 22.5 Å². The van der Waals surface area contributed by atoms with Crippen LogP contribution >= 0.6 is 0 Å². The molecule has 0 aliphatic rings. The number of rotatable bonds is 7. The lowest BCUT2D eigenvalue weighted by Crippen LogP contribution is -2.09. The molecular weight excluding hydrogens is 426 g/mol. The van der Waals surface area contributed by atoms with Crippen LogP contribution in [0.5, 0.6) is 0 Å². The number of aryl methyl sites for hydroxylation is 3. The van der Waals surface area contributed by atoms with E-state index in [1.807, 2.05) is 24.3 Å². The summed E-state index contributed by atoms with van der Waals surface area (Å²) >= 11 is 0. The predicted molar refractivity (Wildman–Crippen MR) is 148 cm³/mol. The summed E-state index contributed by atoms with van der Waals surface area (Å²) in [4.78, 5) is 10.0. The van der Waals surface area contributed by atoms with Crippen LogP contribution in [0.15, 0.2) is 97.1 Å². The molecule has 3 nitrogen and oxygen atoms in total. The predicted octanol–water partition coefficient (Wildman–Crippen LogP) is 7.88. The standard InChI is InChI=1S/C32H31N3/c1-22(2)33-28-20-14-25(15-21-28)11-10-24-12-18-27(19-13-24)32-31(26-16-8-23(3)9-17-26)34-29-6-4-5-7-30(29)35-32/h4-9,12-22,33H,10-11H2,1-3H3. The zero-order chi connectivity index (χ0) is 24.2. The normalized spacial score (nSPS) is 11.2. The molecule has 0 unspecified atom stereocenters. The second-order valence-electron chi connectivity index (χ2n) is 9.47. The van der Waals surface area contributed by atoms with Crippen LogP contribution in [0.25, 0.3) is 33.5 Å². The molecule has 0 bridgehead atoms. The summed E-state index contributed by atoms with van der Waals surface area (Å²) in [6, 6.07) is 34.6. The minimum atomic E-state index is 0.443. The highest BCUT2D eigenvalue weighted by molar-refractivity contribution is 5.86. The summed E-state index contributed by atoms with van der Waals surface area (Å²) in [6.45, 7) is 6.42. The SMILES string of the molecule is Cc1ccc(-c2nc3ccccc3nc2-c2ccc(CCc3ccc(NC(C)C)cc3)cc2)cc1. The number of anilines is 1. The third-order valence-corrected chi connectivity index (χ3v) is 6.23. The Labute approximate surface area is 207 Å². The molecule has 0 aliphatic heterocycles. The fourth-order valence-corrected chi connectivity index (χ4v) is 4.33. The van der Waals surface area contributed by atoms with Gasteiger partial charge in [-0.05, 0) is 69.0 Å². The van der Waals surface area contributed by atoms with Crippen LogP contribution in [0, 0.1) is 6.92 Å². The van der Waals surface area contributed by atoms with Crippen molar-refractivity contribution in [3.63, 3.8) is 0 Å². The van der Waals surface area contributed by atoms with E-state index in [-0.39, 0.29) is 0 Å². The number of hydrogen-bond donors (Lipinski definition) is 1. The van der Waals surface area contributed by atoms with Gasteiger partial charge in [0.15, 0.2) is 0 Å². The molecule has 0 saturated carbocycles. The number of para-hydroxylation sites is 2. The average molecular weight is 458 g/mol. The van der Waals surface area contributed by atoms with Crippen LogP contribution in [-0.2, 0) is 12.8 Å². The Balaban J connectivity index is 1.39. The number of hydrogen-bond acceptors (Lipinski definition) is 3. The summed E-state index contributed by atoms with van der Waals surface area (Å²) in [5.74, 6) is 0. The monoisotopic (exact) mass is 457 g/mol. The second-order valence-corrected chi connectivity index (χ2v) is 9.47. The lowest BCUT2D eigenvalue weighted by atomic mass is 9.99. The molecule has 1 aromatic heterocycles. The van der Waals surface area contributed by atoms with Crippen LogP contribution < -0.4 is 5.32 Å². The highest BCUT2D eigenvalue weighted by atomic mass is 14.9. The third kappa shape index (κ3) is 5.41. The molecule has 1 heterocycles. The van der Waals surface area contributed by atoms with Gasteiger partial charge in [0.25, 0.3) is 0 Å². The molecule has 0 amide bonds. The summed E-state index contributed by atoms with van der Waals surface area (Å²) < 4.78 is 0. The topological polar surface area (TPSA) is 37.8 Å².